The van der Waals surface area contributed by atoms with Gasteiger partial charge in [0.2, 0.25) is 0 Å². The van der Waals surface area contributed by atoms with Crippen molar-refractivity contribution in [2.75, 3.05) is 18.4 Å². The van der Waals surface area contributed by atoms with Crippen LogP contribution in [0, 0.1) is 0 Å². The topological polar surface area (TPSA) is 68.2 Å². The van der Waals surface area contributed by atoms with Crippen molar-refractivity contribution < 1.29 is 9.53 Å². The number of carbonyl (C=O) groups is 1. The molecular weight excluding hydrogens is 364 g/mol. The molecule has 0 spiro atoms. The minimum absolute atomic E-state index is 0. The Bertz CT molecular complexity index is 735. The van der Waals surface area contributed by atoms with Gasteiger partial charge in [-0.05, 0) is 75.4 Å². The number of amides is 1. The highest BCUT2D eigenvalue weighted by Gasteiger charge is 2.18. The van der Waals surface area contributed by atoms with Gasteiger partial charge in [0.05, 0.1) is 12.1 Å². The molecule has 2 fully saturated rings. The molecule has 6 nitrogen and oxygen atoms in total. The number of hydrogen-bond acceptors (Lipinski definition) is 4. The van der Waals surface area contributed by atoms with E-state index in [2.05, 4.69) is 15.7 Å². The number of hydrogen-bond donors (Lipinski definition) is 2. The van der Waals surface area contributed by atoms with Gasteiger partial charge in [-0.3, -0.25) is 9.48 Å². The molecule has 27 heavy (non-hydrogen) atoms. The first kappa shape index (κ1) is 19.7. The van der Waals surface area contributed by atoms with Crippen LogP contribution in [0.4, 0.5) is 5.69 Å². The predicted molar refractivity (Wildman–Crippen MR) is 108 cm³/mol. The molecule has 1 amide bonds. The van der Waals surface area contributed by atoms with Crippen molar-refractivity contribution in [3.05, 3.63) is 42.2 Å². The van der Waals surface area contributed by atoms with Crippen LogP contribution >= 0.6 is 12.4 Å². The Kier molecular flexibility index (Phi) is 6.74. The summed E-state index contributed by atoms with van der Waals surface area (Å²) in [6, 6.07) is 9.70. The van der Waals surface area contributed by atoms with Crippen molar-refractivity contribution in [2.24, 2.45) is 0 Å². The summed E-state index contributed by atoms with van der Waals surface area (Å²) in [6.45, 7) is 1.97. The van der Waals surface area contributed by atoms with Crippen molar-refractivity contribution in [1.29, 1.82) is 0 Å². The summed E-state index contributed by atoms with van der Waals surface area (Å²) in [6.07, 6.45) is 9.25. The average Bonchev–Trinajstić information content (AvgIpc) is 3.36. The van der Waals surface area contributed by atoms with E-state index in [4.69, 9.17) is 4.74 Å². The number of nitrogens with one attached hydrogen (secondary N) is 2. The Labute approximate surface area is 166 Å². The number of ether oxygens (including phenoxy) is 1. The molecule has 0 bridgehead atoms. The number of halogens is 1. The lowest BCUT2D eigenvalue weighted by molar-refractivity contribution is 0.102. The lowest BCUT2D eigenvalue weighted by Gasteiger charge is -2.22. The zero-order valence-electron chi connectivity index (χ0n) is 15.4. The van der Waals surface area contributed by atoms with Gasteiger partial charge >= 0.3 is 0 Å². The van der Waals surface area contributed by atoms with E-state index in [1.165, 1.54) is 12.8 Å². The lowest BCUT2D eigenvalue weighted by Crippen LogP contribution is -2.32. The molecule has 4 rings (SSSR count). The van der Waals surface area contributed by atoms with Gasteiger partial charge in [0.1, 0.15) is 5.75 Å². The van der Waals surface area contributed by atoms with Crippen molar-refractivity contribution in [3.63, 3.8) is 0 Å². The molecule has 1 aromatic carbocycles. The first-order valence-corrected chi connectivity index (χ1v) is 9.62. The molecule has 1 unspecified atom stereocenters. The zero-order valence-corrected chi connectivity index (χ0v) is 16.2. The van der Waals surface area contributed by atoms with E-state index >= 15 is 0 Å². The summed E-state index contributed by atoms with van der Waals surface area (Å²) in [4.78, 5) is 12.4. The molecule has 1 aliphatic heterocycles. The molecule has 0 radical (unpaired) electrons. The number of anilines is 1. The SMILES string of the molecule is Cl.O=C(Nc1ccc(OC2CCCC2)cc1)c1ccn(C2CCCNC2)n1. The van der Waals surface area contributed by atoms with Gasteiger partial charge in [-0.2, -0.15) is 5.10 Å². The fourth-order valence-electron chi connectivity index (χ4n) is 3.73. The van der Waals surface area contributed by atoms with Crippen LogP contribution in [0.5, 0.6) is 5.75 Å². The first-order chi connectivity index (χ1) is 12.8. The maximum Gasteiger partial charge on any atom is 0.276 e. The van der Waals surface area contributed by atoms with E-state index in [0.717, 1.165) is 50.2 Å². The Balaban J connectivity index is 0.00000210. The van der Waals surface area contributed by atoms with Gasteiger partial charge < -0.3 is 15.4 Å². The van der Waals surface area contributed by atoms with Gasteiger partial charge in [0, 0.05) is 18.4 Å². The molecule has 1 saturated heterocycles. The third-order valence-electron chi connectivity index (χ3n) is 5.20. The van der Waals surface area contributed by atoms with E-state index in [9.17, 15) is 4.79 Å². The van der Waals surface area contributed by atoms with E-state index in [1.807, 2.05) is 35.1 Å². The summed E-state index contributed by atoms with van der Waals surface area (Å²) in [5.41, 5.74) is 1.20. The second-order valence-electron chi connectivity index (χ2n) is 7.18. The lowest BCUT2D eigenvalue weighted by atomic mass is 10.1. The largest absolute Gasteiger partial charge is 0.490 e. The molecule has 2 heterocycles. The van der Waals surface area contributed by atoms with Gasteiger partial charge in [-0.25, -0.2) is 0 Å². The van der Waals surface area contributed by atoms with Crippen LogP contribution in [0.15, 0.2) is 36.5 Å². The predicted octanol–water partition coefficient (Wildman–Crippen LogP) is 3.80. The van der Waals surface area contributed by atoms with Crippen LogP contribution < -0.4 is 15.4 Å². The van der Waals surface area contributed by atoms with E-state index in [1.54, 1.807) is 6.07 Å². The van der Waals surface area contributed by atoms with E-state index < -0.39 is 0 Å². The molecular formula is C20H27ClN4O2. The highest BCUT2D eigenvalue weighted by atomic mass is 35.5. The summed E-state index contributed by atoms with van der Waals surface area (Å²) in [5.74, 6) is 0.681. The average molecular weight is 391 g/mol. The number of nitrogens with zero attached hydrogens (tertiary/aromatic N) is 2. The minimum Gasteiger partial charge on any atom is -0.490 e. The monoisotopic (exact) mass is 390 g/mol. The van der Waals surface area contributed by atoms with Crippen LogP contribution in [0.3, 0.4) is 0 Å². The van der Waals surface area contributed by atoms with Crippen molar-refractivity contribution >= 4 is 24.0 Å². The third-order valence-corrected chi connectivity index (χ3v) is 5.20. The second-order valence-corrected chi connectivity index (χ2v) is 7.18. The smallest absolute Gasteiger partial charge is 0.276 e. The fraction of sp³-hybridized carbons (Fsp3) is 0.500. The number of aromatic nitrogens is 2. The molecule has 7 heteroatoms. The summed E-state index contributed by atoms with van der Waals surface area (Å²) < 4.78 is 7.86. The molecule has 2 aliphatic rings. The Hall–Kier alpha value is -2.05. The van der Waals surface area contributed by atoms with Gasteiger partial charge in [-0.15, -0.1) is 12.4 Å². The normalized spacial score (nSPS) is 20.1. The molecule has 1 aromatic heterocycles. The van der Waals surface area contributed by atoms with E-state index in [0.29, 0.717) is 17.8 Å². The number of carbonyl (C=O) groups excluding carboxylic acids is 1. The number of piperidine rings is 1. The van der Waals surface area contributed by atoms with Crippen LogP contribution in [0.1, 0.15) is 55.1 Å². The summed E-state index contributed by atoms with van der Waals surface area (Å²) >= 11 is 0. The fourth-order valence-corrected chi connectivity index (χ4v) is 3.73. The number of rotatable bonds is 5. The van der Waals surface area contributed by atoms with Crippen LogP contribution in [0.2, 0.25) is 0 Å². The highest BCUT2D eigenvalue weighted by Crippen LogP contribution is 2.25. The van der Waals surface area contributed by atoms with Gasteiger partial charge in [0.25, 0.3) is 5.91 Å². The van der Waals surface area contributed by atoms with Crippen LogP contribution in [-0.2, 0) is 0 Å². The van der Waals surface area contributed by atoms with Crippen molar-refractivity contribution in [2.45, 2.75) is 50.7 Å². The summed E-state index contributed by atoms with van der Waals surface area (Å²) in [7, 11) is 0. The molecule has 2 aromatic rings. The molecule has 1 aliphatic carbocycles. The molecule has 1 atom stereocenters. The van der Waals surface area contributed by atoms with Gasteiger partial charge in [-0.1, -0.05) is 0 Å². The van der Waals surface area contributed by atoms with Crippen molar-refractivity contribution in [1.82, 2.24) is 15.1 Å². The minimum atomic E-state index is -0.183. The second kappa shape index (κ2) is 9.24. The van der Waals surface area contributed by atoms with Gasteiger partial charge in [0.15, 0.2) is 5.69 Å². The first-order valence-electron chi connectivity index (χ1n) is 9.62. The maximum absolute atomic E-state index is 12.4. The molecule has 146 valence electrons. The highest BCUT2D eigenvalue weighted by molar-refractivity contribution is 6.02. The molecule has 1 saturated carbocycles. The third kappa shape index (κ3) is 5.02. The van der Waals surface area contributed by atoms with Crippen LogP contribution in [0.25, 0.3) is 0 Å². The Morgan fingerprint density at radius 2 is 1.89 bits per heavy atom. The standard InChI is InChI=1S/C20H26N4O2.ClH/c25-20(19-11-13-24(23-19)16-4-3-12-21-14-16)22-15-7-9-18(10-8-15)26-17-5-1-2-6-17;/h7-11,13,16-17,21H,1-6,12,14H2,(H,22,25);1H. The van der Waals surface area contributed by atoms with Crippen molar-refractivity contribution in [3.8, 4) is 5.75 Å². The zero-order chi connectivity index (χ0) is 17.8. The summed E-state index contributed by atoms with van der Waals surface area (Å²) in [5, 5.41) is 10.7. The number of benzene rings is 1. The molecule has 2 N–H and O–H groups in total. The van der Waals surface area contributed by atoms with Crippen LogP contribution in [-0.4, -0.2) is 34.9 Å². The maximum atomic E-state index is 12.4. The quantitative estimate of drug-likeness (QED) is 0.814. The Morgan fingerprint density at radius 3 is 2.59 bits per heavy atom. The van der Waals surface area contributed by atoms with E-state index in [-0.39, 0.29) is 18.3 Å². The Morgan fingerprint density at radius 1 is 1.11 bits per heavy atom.